The summed E-state index contributed by atoms with van der Waals surface area (Å²) in [6.07, 6.45) is 12.6. The molecule has 5 rings (SSSR count). The molecule has 49 heavy (non-hydrogen) atoms. The molecule has 0 bridgehead atoms. The number of rotatable bonds is 13. The summed E-state index contributed by atoms with van der Waals surface area (Å²) in [6.45, 7) is 0.722. The zero-order valence-corrected chi connectivity index (χ0v) is 30.8. The van der Waals surface area contributed by atoms with Gasteiger partial charge in [-0.15, -0.1) is 11.6 Å². The Morgan fingerprint density at radius 3 is 2.57 bits per heavy atom. The molecule has 0 aromatic heterocycles. The molecule has 1 aromatic rings. The molecule has 3 fully saturated rings. The van der Waals surface area contributed by atoms with E-state index in [9.17, 15) is 19.2 Å². The second kappa shape index (κ2) is 17.6. The highest BCUT2D eigenvalue weighted by atomic mass is 35.5. The van der Waals surface area contributed by atoms with Crippen LogP contribution in [-0.4, -0.2) is 82.7 Å². The molecule has 5 N–H and O–H groups in total. The second-order valence-electron chi connectivity index (χ2n) is 12.8. The van der Waals surface area contributed by atoms with Crippen LogP contribution in [0.5, 0.6) is 0 Å². The minimum atomic E-state index is -0.760. The van der Waals surface area contributed by atoms with Gasteiger partial charge in [0.25, 0.3) is 0 Å². The summed E-state index contributed by atoms with van der Waals surface area (Å²) >= 11 is 26.7. The number of benzene rings is 1. The maximum absolute atomic E-state index is 13.6. The number of carbonyl (C=O) groups excluding carboxylic acids is 4. The summed E-state index contributed by atoms with van der Waals surface area (Å²) in [4.78, 5) is 52.7. The number of alkyl halides is 1. The Hall–Kier alpha value is -2.47. The van der Waals surface area contributed by atoms with Crippen LogP contribution >= 0.6 is 58.2 Å². The summed E-state index contributed by atoms with van der Waals surface area (Å²) in [5.74, 6) is 0.509. The molecular formula is C35H41Cl4N5O4S. The van der Waals surface area contributed by atoms with Crippen molar-refractivity contribution in [3.05, 3.63) is 73.8 Å². The van der Waals surface area contributed by atoms with Gasteiger partial charge in [-0.3, -0.25) is 14.4 Å². The first kappa shape index (κ1) is 37.8. The molecule has 0 spiro atoms. The van der Waals surface area contributed by atoms with Gasteiger partial charge in [0.05, 0.1) is 33.5 Å². The van der Waals surface area contributed by atoms with Crippen LogP contribution in [0.15, 0.2) is 58.2 Å². The smallest absolute Gasteiger partial charge is 0.315 e. The number of amides is 4. The van der Waals surface area contributed by atoms with Crippen LogP contribution < -0.4 is 21.7 Å². The van der Waals surface area contributed by atoms with Gasteiger partial charge in [0.1, 0.15) is 0 Å². The number of carbonyl (C=O) groups is 4. The number of nitrogens with one attached hydrogen (secondary N) is 3. The van der Waals surface area contributed by atoms with Crippen molar-refractivity contribution in [2.75, 3.05) is 25.4 Å². The number of hydrogen-bond acceptors (Lipinski definition) is 6. The first-order chi connectivity index (χ1) is 23.5. The molecule has 4 amide bonds. The average Bonchev–Trinajstić information content (AvgIpc) is 3.63. The molecule has 9 nitrogen and oxygen atoms in total. The van der Waals surface area contributed by atoms with Crippen molar-refractivity contribution < 1.29 is 19.2 Å². The number of thioether (sulfide) groups is 1. The summed E-state index contributed by atoms with van der Waals surface area (Å²) < 4.78 is 0. The molecule has 0 saturated carbocycles. The molecule has 1 aromatic carbocycles. The van der Waals surface area contributed by atoms with E-state index in [0.29, 0.717) is 75.7 Å². The number of unbranched alkanes of at least 4 members (excludes halogenated alkanes) is 2. The lowest BCUT2D eigenvalue weighted by Gasteiger charge is -2.32. The Balaban J connectivity index is 1.09. The Morgan fingerprint density at radius 1 is 1.04 bits per heavy atom. The highest BCUT2D eigenvalue weighted by molar-refractivity contribution is 8.00. The molecule has 3 saturated heterocycles. The number of piperidine rings is 1. The normalized spacial score (nSPS) is 25.9. The predicted octanol–water partition coefficient (Wildman–Crippen LogP) is 6.11. The fourth-order valence-corrected chi connectivity index (χ4v) is 8.62. The molecule has 0 radical (unpaired) electrons. The molecule has 14 heteroatoms. The lowest BCUT2D eigenvalue weighted by atomic mass is 9.92. The number of halogens is 4. The number of ketones is 1. The Labute approximate surface area is 311 Å². The fourth-order valence-electron chi connectivity index (χ4n) is 6.40. The van der Waals surface area contributed by atoms with Crippen molar-refractivity contribution in [2.45, 2.75) is 80.1 Å². The molecule has 4 aliphatic rings. The third kappa shape index (κ3) is 10.3. The van der Waals surface area contributed by atoms with Crippen LogP contribution in [0.1, 0.15) is 56.9 Å². The number of hydrogen-bond donors (Lipinski definition) is 4. The van der Waals surface area contributed by atoms with E-state index in [1.54, 1.807) is 41.3 Å². The van der Waals surface area contributed by atoms with Crippen molar-refractivity contribution >= 4 is 87.9 Å². The zero-order chi connectivity index (χ0) is 35.1. The van der Waals surface area contributed by atoms with E-state index in [1.807, 2.05) is 17.8 Å². The lowest BCUT2D eigenvalue weighted by Crippen LogP contribution is -2.49. The van der Waals surface area contributed by atoms with E-state index in [2.05, 4.69) is 16.0 Å². The van der Waals surface area contributed by atoms with Crippen molar-refractivity contribution in [3.63, 3.8) is 0 Å². The molecule has 5 unspecified atom stereocenters. The molecule has 5 atom stereocenters. The van der Waals surface area contributed by atoms with Crippen molar-refractivity contribution in [3.8, 4) is 0 Å². The molecule has 1 aliphatic carbocycles. The molecular weight excluding hydrogens is 728 g/mol. The third-order valence-corrected chi connectivity index (χ3v) is 12.2. The van der Waals surface area contributed by atoms with E-state index < -0.39 is 6.04 Å². The average molecular weight is 770 g/mol. The van der Waals surface area contributed by atoms with E-state index in [-0.39, 0.29) is 54.2 Å². The quantitative estimate of drug-likeness (QED) is 0.0829. The van der Waals surface area contributed by atoms with Gasteiger partial charge in [0.2, 0.25) is 11.8 Å². The van der Waals surface area contributed by atoms with Gasteiger partial charge >= 0.3 is 6.03 Å². The van der Waals surface area contributed by atoms with Gasteiger partial charge < -0.3 is 26.6 Å². The first-order valence-electron chi connectivity index (χ1n) is 16.6. The number of allylic oxidation sites excluding steroid dienone is 5. The SMILES string of the molecule is NC(CCCCNC(=O)CCCCC1SCC2NC(=O)NC21)C(=O)N1CC(=CC2=CCC(Cl)C(Cl)=C2)C(=O)C(=Cc2ccc(Cl)c(Cl)c2)C1. The minimum absolute atomic E-state index is 0.0116. The molecule has 264 valence electrons. The van der Waals surface area contributed by atoms with E-state index >= 15 is 0 Å². The standard InChI is InChI=1S/C35H41Cl4N5O4S/c36-24-10-8-20(15-26(24)38)13-22-17-44(18-23(33(22)46)14-21-9-11-25(37)27(39)16-21)34(47)28(40)5-3-4-12-41-31(45)7-2-1-6-30-32-29(19-49-30)42-35(48)43-32/h8-10,13-16,25,28-30,32H,1-7,11-12,17-19,40H2,(H,41,45)(H2,42,43,48). The number of fused-ring (bicyclic) bond motifs is 1. The van der Waals surface area contributed by atoms with Gasteiger partial charge in [-0.25, -0.2) is 4.79 Å². The minimum Gasteiger partial charge on any atom is -0.356 e. The maximum Gasteiger partial charge on any atom is 0.315 e. The van der Waals surface area contributed by atoms with Gasteiger partial charge in [-0.2, -0.15) is 11.8 Å². The van der Waals surface area contributed by atoms with Crippen LogP contribution in [-0.2, 0) is 14.4 Å². The second-order valence-corrected chi connectivity index (χ2v) is 15.8. The van der Waals surface area contributed by atoms with Crippen LogP contribution in [0, 0.1) is 0 Å². The van der Waals surface area contributed by atoms with Gasteiger partial charge in [-0.05, 0) is 80.0 Å². The zero-order valence-electron chi connectivity index (χ0n) is 27.0. The van der Waals surface area contributed by atoms with Crippen molar-refractivity contribution in [1.29, 1.82) is 0 Å². The molecule has 3 heterocycles. The highest BCUT2D eigenvalue weighted by Gasteiger charge is 2.42. The Morgan fingerprint density at radius 2 is 1.82 bits per heavy atom. The summed E-state index contributed by atoms with van der Waals surface area (Å²) in [7, 11) is 0. The van der Waals surface area contributed by atoms with Gasteiger partial charge in [-0.1, -0.05) is 53.4 Å². The first-order valence-corrected chi connectivity index (χ1v) is 19.2. The summed E-state index contributed by atoms with van der Waals surface area (Å²) in [5.41, 5.74) is 8.68. The topological polar surface area (TPSA) is 134 Å². The van der Waals surface area contributed by atoms with Crippen LogP contribution in [0.4, 0.5) is 4.79 Å². The van der Waals surface area contributed by atoms with Crippen LogP contribution in [0.2, 0.25) is 10.0 Å². The largest absolute Gasteiger partial charge is 0.356 e. The van der Waals surface area contributed by atoms with Crippen molar-refractivity contribution in [1.82, 2.24) is 20.9 Å². The van der Waals surface area contributed by atoms with Gasteiger partial charge in [0, 0.05) is 53.2 Å². The molecule has 3 aliphatic heterocycles. The van der Waals surface area contributed by atoms with E-state index in [1.165, 1.54) is 0 Å². The Kier molecular flexibility index (Phi) is 13.6. The van der Waals surface area contributed by atoms with Crippen LogP contribution in [0.25, 0.3) is 6.08 Å². The monoisotopic (exact) mass is 767 g/mol. The lowest BCUT2D eigenvalue weighted by molar-refractivity contribution is -0.133. The van der Waals surface area contributed by atoms with Crippen molar-refractivity contribution in [2.24, 2.45) is 5.73 Å². The predicted molar refractivity (Wildman–Crippen MR) is 199 cm³/mol. The van der Waals surface area contributed by atoms with E-state index in [4.69, 9.17) is 52.1 Å². The highest BCUT2D eigenvalue weighted by Crippen LogP contribution is 2.33. The van der Waals surface area contributed by atoms with Crippen LogP contribution in [0.3, 0.4) is 0 Å². The summed E-state index contributed by atoms with van der Waals surface area (Å²) in [6, 6.07) is 4.64. The fraction of sp³-hybridized carbons (Fsp3) is 0.486. The number of likely N-dealkylation sites (tertiary alicyclic amines) is 1. The third-order valence-electron chi connectivity index (χ3n) is 9.07. The Bertz CT molecular complexity index is 1580. The van der Waals surface area contributed by atoms with Gasteiger partial charge in [0.15, 0.2) is 5.78 Å². The number of nitrogens with zero attached hydrogens (tertiary/aromatic N) is 1. The maximum atomic E-state index is 13.6. The number of Topliss-reactive ketones (excluding diaryl/α,β-unsaturated/α-hetero) is 1. The number of nitrogens with two attached hydrogens (primary N) is 1. The summed E-state index contributed by atoms with van der Waals surface area (Å²) in [5, 5.41) is 10.3. The van der Waals surface area contributed by atoms with E-state index in [0.717, 1.165) is 30.6 Å². The number of urea groups is 1.